The van der Waals surface area contributed by atoms with Gasteiger partial charge in [-0.15, -0.1) is 0 Å². The second kappa shape index (κ2) is 4.13. The molecule has 0 aliphatic heterocycles. The molecule has 0 saturated heterocycles. The number of carboxylic acids is 1. The van der Waals surface area contributed by atoms with Crippen molar-refractivity contribution in [2.75, 3.05) is 0 Å². The monoisotopic (exact) mass is 198 g/mol. The van der Waals surface area contributed by atoms with Gasteiger partial charge in [0.05, 0.1) is 22.9 Å². The minimum absolute atomic E-state index is 0. The van der Waals surface area contributed by atoms with Crippen LogP contribution in [0.5, 0.6) is 0 Å². The molecule has 0 radical (unpaired) electrons. The second-order valence-electron chi connectivity index (χ2n) is 2.83. The van der Waals surface area contributed by atoms with E-state index in [1.165, 1.54) is 0 Å². The van der Waals surface area contributed by atoms with Gasteiger partial charge in [0.15, 0.2) is 0 Å². The molecule has 66 valence electrons. The van der Waals surface area contributed by atoms with E-state index in [1.807, 2.05) is 6.92 Å². The fourth-order valence-corrected chi connectivity index (χ4v) is 1.31. The third-order valence-corrected chi connectivity index (χ3v) is 1.95. The van der Waals surface area contributed by atoms with E-state index in [0.717, 1.165) is 16.6 Å². The Bertz CT molecular complexity index is 479. The van der Waals surface area contributed by atoms with Gasteiger partial charge in [-0.05, 0) is 19.1 Å². The van der Waals surface area contributed by atoms with Crippen LogP contribution < -0.4 is 34.7 Å². The molecule has 2 aromatic rings. The van der Waals surface area contributed by atoms with Crippen LogP contribution in [0.3, 0.4) is 0 Å². The summed E-state index contributed by atoms with van der Waals surface area (Å²) in [4.78, 5) is 17.3. The molecule has 2 rings (SSSR count). The number of pyridine rings is 1. The maximum atomic E-state index is 10.5. The maximum Gasteiger partial charge on any atom is 1.00 e. The molecule has 14 heavy (non-hydrogen) atoms. The first-order valence-electron chi connectivity index (χ1n) is 3.84. The number of aryl methyl sites for hydroxylation is 1. The van der Waals surface area contributed by atoms with Gasteiger partial charge in [0.2, 0.25) is 0 Å². The van der Waals surface area contributed by atoms with Crippen LogP contribution in [0, 0.1) is 6.92 Å². The van der Waals surface area contributed by atoms with Crippen LogP contribution in [0.15, 0.2) is 18.3 Å². The number of nitrogens with zero attached hydrogens (tertiary/aromatic N) is 1. The molecular weight excluding hydrogens is 191 g/mol. The summed E-state index contributed by atoms with van der Waals surface area (Å²) in [6, 6.07) is 3.30. The number of nitrogens with one attached hydrogen (secondary N) is 1. The van der Waals surface area contributed by atoms with Crippen molar-refractivity contribution < 1.29 is 39.5 Å². The van der Waals surface area contributed by atoms with Crippen LogP contribution in [0.4, 0.5) is 0 Å². The number of carboxylic acid groups (broad SMARTS) is 1. The van der Waals surface area contributed by atoms with Crippen molar-refractivity contribution in [3.05, 3.63) is 29.7 Å². The van der Waals surface area contributed by atoms with Crippen LogP contribution in [0.1, 0.15) is 16.2 Å². The van der Waals surface area contributed by atoms with Crippen molar-refractivity contribution in [1.29, 1.82) is 0 Å². The minimum atomic E-state index is -1.20. The normalized spacial score (nSPS) is 9.79. The number of fused-ring (bicyclic) bond motifs is 1. The van der Waals surface area contributed by atoms with Crippen LogP contribution in [-0.2, 0) is 0 Å². The molecule has 0 aliphatic rings. The Morgan fingerprint density at radius 1 is 1.57 bits per heavy atom. The molecule has 0 atom stereocenters. The van der Waals surface area contributed by atoms with Crippen LogP contribution >= 0.6 is 0 Å². The van der Waals surface area contributed by atoms with Crippen molar-refractivity contribution >= 4 is 16.9 Å². The molecular formula is C9H7N2NaO2. The number of rotatable bonds is 1. The smallest absolute Gasteiger partial charge is 0.543 e. The fraction of sp³-hybridized carbons (Fsp3) is 0.111. The summed E-state index contributed by atoms with van der Waals surface area (Å²) >= 11 is 0. The Balaban J connectivity index is 0.000000980. The van der Waals surface area contributed by atoms with Crippen LogP contribution in [0.2, 0.25) is 0 Å². The number of H-pyrrole nitrogens is 1. The average Bonchev–Trinajstić information content (AvgIpc) is 2.49. The van der Waals surface area contributed by atoms with E-state index in [1.54, 1.807) is 18.3 Å². The number of hydrogen-bond donors (Lipinski definition) is 1. The summed E-state index contributed by atoms with van der Waals surface area (Å²) in [5.74, 6) is -1.20. The first-order chi connectivity index (χ1) is 6.18. The number of hydrogen-bond acceptors (Lipinski definition) is 3. The predicted octanol–water partition coefficient (Wildman–Crippen LogP) is -2.76. The fourth-order valence-electron chi connectivity index (χ4n) is 1.31. The Kier molecular flexibility index (Phi) is 3.31. The number of carbonyl (C=O) groups excluding carboxylic acids is 1. The molecule has 2 heterocycles. The summed E-state index contributed by atoms with van der Waals surface area (Å²) in [5, 5.41) is 11.4. The number of carbonyl (C=O) groups is 1. The van der Waals surface area contributed by atoms with E-state index in [4.69, 9.17) is 0 Å². The van der Waals surface area contributed by atoms with Gasteiger partial charge < -0.3 is 14.9 Å². The molecule has 0 amide bonds. The molecule has 4 nitrogen and oxygen atoms in total. The van der Waals surface area contributed by atoms with E-state index in [2.05, 4.69) is 9.97 Å². The van der Waals surface area contributed by atoms with Gasteiger partial charge in [0.1, 0.15) is 0 Å². The van der Waals surface area contributed by atoms with Crippen molar-refractivity contribution in [2.24, 2.45) is 0 Å². The topological polar surface area (TPSA) is 68.8 Å². The average molecular weight is 198 g/mol. The van der Waals surface area contributed by atoms with Gasteiger partial charge in [-0.3, -0.25) is 4.98 Å². The van der Waals surface area contributed by atoms with E-state index >= 15 is 0 Å². The van der Waals surface area contributed by atoms with E-state index in [-0.39, 0.29) is 35.3 Å². The number of aromatic nitrogens is 2. The summed E-state index contributed by atoms with van der Waals surface area (Å²) in [6.07, 6.45) is 1.64. The van der Waals surface area contributed by atoms with Crippen molar-refractivity contribution in [3.8, 4) is 0 Å². The molecule has 5 heteroatoms. The molecule has 0 bridgehead atoms. The molecule has 2 aromatic heterocycles. The van der Waals surface area contributed by atoms with Gasteiger partial charge in [-0.25, -0.2) is 0 Å². The molecule has 0 fully saturated rings. The van der Waals surface area contributed by atoms with Crippen LogP contribution in [-0.4, -0.2) is 15.9 Å². The van der Waals surface area contributed by atoms with Crippen LogP contribution in [0.25, 0.3) is 10.9 Å². The molecule has 0 spiro atoms. The third-order valence-electron chi connectivity index (χ3n) is 1.95. The van der Waals surface area contributed by atoms with E-state index < -0.39 is 5.97 Å². The Labute approximate surface area is 103 Å². The molecule has 1 N–H and O–H groups in total. The maximum absolute atomic E-state index is 10.5. The first kappa shape index (κ1) is 11.2. The van der Waals surface area contributed by atoms with Gasteiger partial charge in [-0.1, -0.05) is 0 Å². The van der Waals surface area contributed by atoms with Gasteiger partial charge >= 0.3 is 29.6 Å². The molecule has 0 saturated carbocycles. The summed E-state index contributed by atoms with van der Waals surface area (Å²) in [7, 11) is 0. The first-order valence-corrected chi connectivity index (χ1v) is 3.84. The van der Waals surface area contributed by atoms with Crippen molar-refractivity contribution in [3.63, 3.8) is 0 Å². The third kappa shape index (κ3) is 1.82. The standard InChI is InChI=1S/C9H8N2O2.Na/c1-5-8-6(2-3-10-5)4-7(11-8)9(12)13;/h2-4,11H,1H3,(H,12,13);/q;+1/p-1. The quantitative estimate of drug-likeness (QED) is 0.505. The zero-order valence-electron chi connectivity index (χ0n) is 8.00. The Hall–Kier alpha value is -0.840. The summed E-state index contributed by atoms with van der Waals surface area (Å²) in [6.45, 7) is 1.82. The second-order valence-corrected chi connectivity index (χ2v) is 2.83. The van der Waals surface area contributed by atoms with E-state index in [0.29, 0.717) is 0 Å². The Morgan fingerprint density at radius 2 is 2.29 bits per heavy atom. The summed E-state index contributed by atoms with van der Waals surface area (Å²) in [5.41, 5.74) is 1.62. The minimum Gasteiger partial charge on any atom is -0.543 e. The predicted molar refractivity (Wildman–Crippen MR) is 45.2 cm³/mol. The SMILES string of the molecule is Cc1nccc2cc(C(=O)[O-])[nH]c12.[Na+]. The number of aromatic amines is 1. The zero-order valence-corrected chi connectivity index (χ0v) is 10.00. The zero-order chi connectivity index (χ0) is 9.42. The van der Waals surface area contributed by atoms with Gasteiger partial charge in [0.25, 0.3) is 0 Å². The molecule has 0 unspecified atom stereocenters. The van der Waals surface area contributed by atoms with Gasteiger partial charge in [-0.2, -0.15) is 0 Å². The Morgan fingerprint density at radius 3 is 2.86 bits per heavy atom. The van der Waals surface area contributed by atoms with Crippen molar-refractivity contribution in [2.45, 2.75) is 6.92 Å². The summed E-state index contributed by atoms with van der Waals surface area (Å²) < 4.78 is 0. The molecule has 0 aromatic carbocycles. The van der Waals surface area contributed by atoms with Crippen molar-refractivity contribution in [1.82, 2.24) is 9.97 Å². The number of aromatic carboxylic acids is 1. The van der Waals surface area contributed by atoms with Gasteiger partial charge in [0, 0.05) is 11.6 Å². The molecule has 0 aliphatic carbocycles. The van der Waals surface area contributed by atoms with E-state index in [9.17, 15) is 9.90 Å². The largest absolute Gasteiger partial charge is 1.00 e.